The van der Waals surface area contributed by atoms with Crippen molar-refractivity contribution < 1.29 is 4.74 Å². The van der Waals surface area contributed by atoms with Crippen LogP contribution >= 0.6 is 0 Å². The van der Waals surface area contributed by atoms with E-state index in [0.717, 1.165) is 22.6 Å². The van der Waals surface area contributed by atoms with Crippen LogP contribution in [0, 0.1) is 25.2 Å². The average molecular weight is 271 g/mol. The summed E-state index contributed by atoms with van der Waals surface area (Å²) >= 11 is 0. The van der Waals surface area contributed by atoms with Gasteiger partial charge in [0.1, 0.15) is 30.3 Å². The third kappa shape index (κ3) is 2.78. The molecule has 0 aliphatic heterocycles. The summed E-state index contributed by atoms with van der Waals surface area (Å²) in [7, 11) is 0. The van der Waals surface area contributed by atoms with Crippen molar-refractivity contribution in [2.24, 2.45) is 5.73 Å². The molecule has 1 aromatic heterocycles. The molecule has 1 aromatic carbocycles. The van der Waals surface area contributed by atoms with Gasteiger partial charge in [-0.2, -0.15) is 5.26 Å². The minimum absolute atomic E-state index is 0.137. The van der Waals surface area contributed by atoms with Crippen LogP contribution in [0.1, 0.15) is 22.5 Å². The highest BCUT2D eigenvalue weighted by Gasteiger charge is 2.13. The van der Waals surface area contributed by atoms with E-state index in [1.807, 2.05) is 38.1 Å². The number of hydrogen-bond donors (Lipinski definition) is 1. The second kappa shape index (κ2) is 6.17. The molecular formula is C14H17N5O. The number of nitrogens with zero attached hydrogens (tertiary/aromatic N) is 4. The molecule has 0 spiro atoms. The monoisotopic (exact) mass is 271 g/mol. The first kappa shape index (κ1) is 14.0. The summed E-state index contributed by atoms with van der Waals surface area (Å²) in [6, 6.07) is 8.03. The third-order valence-electron chi connectivity index (χ3n) is 3.09. The molecule has 0 unspecified atom stereocenters. The molecule has 0 fully saturated rings. The van der Waals surface area contributed by atoms with Crippen LogP contribution in [0.25, 0.3) is 0 Å². The van der Waals surface area contributed by atoms with Gasteiger partial charge in [0.2, 0.25) is 0 Å². The highest BCUT2D eigenvalue weighted by atomic mass is 16.5. The molecular weight excluding hydrogens is 254 g/mol. The number of nitriles is 1. The summed E-state index contributed by atoms with van der Waals surface area (Å²) in [4.78, 5) is 0. The highest BCUT2D eigenvalue weighted by Crippen LogP contribution is 2.23. The van der Waals surface area contributed by atoms with Gasteiger partial charge < -0.3 is 10.5 Å². The lowest BCUT2D eigenvalue weighted by Crippen LogP contribution is -2.11. The molecule has 1 heterocycles. The maximum Gasteiger partial charge on any atom is 0.132 e. The number of aryl methyl sites for hydroxylation is 2. The summed E-state index contributed by atoms with van der Waals surface area (Å²) in [5.74, 6) is 0.847. The molecule has 0 saturated carbocycles. The fourth-order valence-electron chi connectivity index (χ4n) is 2.05. The van der Waals surface area contributed by atoms with Crippen molar-refractivity contribution >= 4 is 0 Å². The molecule has 104 valence electrons. The molecule has 0 bridgehead atoms. The molecule has 6 heteroatoms. The molecule has 6 nitrogen and oxygen atoms in total. The van der Waals surface area contributed by atoms with Gasteiger partial charge in [-0.05, 0) is 25.0 Å². The number of aromatic nitrogens is 3. The smallest absolute Gasteiger partial charge is 0.132 e. The SMILES string of the molecule is Cc1cccc(C)c1OCc1c(CN)nnn1CC#N. The Labute approximate surface area is 117 Å². The standard InChI is InChI=1S/C14H17N5O/c1-10-4-3-5-11(2)14(10)20-9-13-12(8-16)17-18-19(13)7-6-15/h3-5H,7-9,16H2,1-2H3. The van der Waals surface area contributed by atoms with E-state index in [1.54, 1.807) is 0 Å². The van der Waals surface area contributed by atoms with Crippen LogP contribution in [-0.4, -0.2) is 15.0 Å². The van der Waals surface area contributed by atoms with Crippen LogP contribution in [-0.2, 0) is 19.7 Å². The van der Waals surface area contributed by atoms with Crippen LogP contribution in [0.5, 0.6) is 5.75 Å². The van der Waals surface area contributed by atoms with Crippen LogP contribution in [0.2, 0.25) is 0 Å². The van der Waals surface area contributed by atoms with Gasteiger partial charge in [0.25, 0.3) is 0 Å². The van der Waals surface area contributed by atoms with E-state index in [1.165, 1.54) is 4.68 Å². The van der Waals surface area contributed by atoms with Crippen LogP contribution in [0.4, 0.5) is 0 Å². The number of para-hydroxylation sites is 1. The Bertz CT molecular complexity index is 621. The van der Waals surface area contributed by atoms with Crippen molar-refractivity contribution in [2.45, 2.75) is 33.5 Å². The van der Waals surface area contributed by atoms with Gasteiger partial charge in [0.05, 0.1) is 6.07 Å². The molecule has 2 aromatic rings. The summed E-state index contributed by atoms with van der Waals surface area (Å²) in [5.41, 5.74) is 9.18. The Morgan fingerprint density at radius 2 is 2.05 bits per heavy atom. The van der Waals surface area contributed by atoms with E-state index < -0.39 is 0 Å². The van der Waals surface area contributed by atoms with Crippen LogP contribution < -0.4 is 10.5 Å². The Kier molecular flexibility index (Phi) is 4.33. The zero-order chi connectivity index (χ0) is 14.5. The first-order chi connectivity index (χ1) is 9.67. The molecule has 0 aliphatic carbocycles. The topological polar surface area (TPSA) is 89.8 Å². The Morgan fingerprint density at radius 1 is 1.35 bits per heavy atom. The fraction of sp³-hybridized carbons (Fsp3) is 0.357. The van der Waals surface area contributed by atoms with Gasteiger partial charge in [-0.3, -0.25) is 0 Å². The molecule has 0 aliphatic rings. The number of nitrogens with two attached hydrogens (primary N) is 1. The van der Waals surface area contributed by atoms with Gasteiger partial charge in [-0.15, -0.1) is 5.10 Å². The number of hydrogen-bond acceptors (Lipinski definition) is 5. The second-order valence-electron chi connectivity index (χ2n) is 4.51. The van der Waals surface area contributed by atoms with E-state index in [4.69, 9.17) is 15.7 Å². The van der Waals surface area contributed by atoms with E-state index in [2.05, 4.69) is 10.3 Å². The highest BCUT2D eigenvalue weighted by molar-refractivity contribution is 5.39. The maximum absolute atomic E-state index is 8.79. The lowest BCUT2D eigenvalue weighted by Gasteiger charge is -2.12. The summed E-state index contributed by atoms with van der Waals surface area (Å²) < 4.78 is 7.40. The van der Waals surface area contributed by atoms with E-state index in [-0.39, 0.29) is 13.1 Å². The first-order valence-electron chi connectivity index (χ1n) is 6.34. The number of benzene rings is 1. The molecule has 20 heavy (non-hydrogen) atoms. The zero-order valence-corrected chi connectivity index (χ0v) is 11.6. The van der Waals surface area contributed by atoms with Crippen molar-refractivity contribution in [2.75, 3.05) is 0 Å². The van der Waals surface area contributed by atoms with Crippen molar-refractivity contribution in [3.63, 3.8) is 0 Å². The first-order valence-corrected chi connectivity index (χ1v) is 6.34. The van der Waals surface area contributed by atoms with E-state index in [0.29, 0.717) is 12.3 Å². The lowest BCUT2D eigenvalue weighted by atomic mass is 10.1. The number of rotatable bonds is 5. The molecule has 2 N–H and O–H groups in total. The van der Waals surface area contributed by atoms with Gasteiger partial charge >= 0.3 is 0 Å². The molecule has 0 amide bonds. The predicted octanol–water partition coefficient (Wildman–Crippen LogP) is 1.46. The Morgan fingerprint density at radius 3 is 2.65 bits per heavy atom. The van der Waals surface area contributed by atoms with Crippen molar-refractivity contribution in [1.82, 2.24) is 15.0 Å². The number of ether oxygens (including phenoxy) is 1. The van der Waals surface area contributed by atoms with Gasteiger partial charge in [0.15, 0.2) is 0 Å². The van der Waals surface area contributed by atoms with Crippen molar-refractivity contribution in [3.05, 3.63) is 40.7 Å². The molecule has 0 atom stereocenters. The summed E-state index contributed by atoms with van der Waals surface area (Å²) in [6.45, 7) is 4.70. The zero-order valence-electron chi connectivity index (χ0n) is 11.6. The van der Waals surface area contributed by atoms with Crippen molar-refractivity contribution in [1.29, 1.82) is 5.26 Å². The largest absolute Gasteiger partial charge is 0.487 e. The van der Waals surface area contributed by atoms with E-state index in [9.17, 15) is 0 Å². The predicted molar refractivity (Wildman–Crippen MR) is 73.8 cm³/mol. The molecule has 0 saturated heterocycles. The summed E-state index contributed by atoms with van der Waals surface area (Å²) in [5, 5.41) is 16.7. The van der Waals surface area contributed by atoms with Gasteiger partial charge in [-0.1, -0.05) is 23.4 Å². The Hall–Kier alpha value is -2.39. The average Bonchev–Trinajstić information content (AvgIpc) is 2.81. The minimum Gasteiger partial charge on any atom is -0.487 e. The second-order valence-corrected chi connectivity index (χ2v) is 4.51. The molecule has 0 radical (unpaired) electrons. The fourth-order valence-corrected chi connectivity index (χ4v) is 2.05. The third-order valence-corrected chi connectivity index (χ3v) is 3.09. The Balaban J connectivity index is 2.22. The van der Waals surface area contributed by atoms with Crippen LogP contribution in [0.3, 0.4) is 0 Å². The minimum atomic E-state index is 0.137. The van der Waals surface area contributed by atoms with Crippen molar-refractivity contribution in [3.8, 4) is 11.8 Å². The normalized spacial score (nSPS) is 10.3. The quantitative estimate of drug-likeness (QED) is 0.889. The van der Waals surface area contributed by atoms with E-state index >= 15 is 0 Å². The van der Waals surface area contributed by atoms with Gasteiger partial charge in [-0.25, -0.2) is 4.68 Å². The maximum atomic E-state index is 8.79. The molecule has 2 rings (SSSR count). The van der Waals surface area contributed by atoms with Gasteiger partial charge in [0, 0.05) is 6.54 Å². The lowest BCUT2D eigenvalue weighted by molar-refractivity contribution is 0.288. The van der Waals surface area contributed by atoms with Crippen LogP contribution in [0.15, 0.2) is 18.2 Å². The summed E-state index contributed by atoms with van der Waals surface area (Å²) in [6.07, 6.45) is 0.